The molecule has 0 heterocycles. The molecule has 27 heavy (non-hydrogen) atoms. The van der Waals surface area contributed by atoms with Crippen LogP contribution in [0.2, 0.25) is 0 Å². The summed E-state index contributed by atoms with van der Waals surface area (Å²) < 4.78 is 5.66. The summed E-state index contributed by atoms with van der Waals surface area (Å²) >= 11 is 5.09. The summed E-state index contributed by atoms with van der Waals surface area (Å²) in [6, 6.07) is 12.2. The van der Waals surface area contributed by atoms with E-state index in [1.54, 1.807) is 18.2 Å². The molecule has 7 heteroatoms. The molecular formula is C20H22N2O4S. The number of nitrogens with one attached hydrogen (secondary N) is 2. The highest BCUT2D eigenvalue weighted by atomic mass is 32.1. The van der Waals surface area contributed by atoms with E-state index in [2.05, 4.69) is 24.5 Å². The zero-order valence-corrected chi connectivity index (χ0v) is 16.2. The second-order valence-electron chi connectivity index (χ2n) is 6.34. The van der Waals surface area contributed by atoms with Crippen LogP contribution in [0.25, 0.3) is 0 Å². The van der Waals surface area contributed by atoms with Crippen molar-refractivity contribution in [2.24, 2.45) is 0 Å². The molecule has 3 N–H and O–H groups in total. The second kappa shape index (κ2) is 9.14. The van der Waals surface area contributed by atoms with Crippen molar-refractivity contribution in [2.75, 3.05) is 11.9 Å². The quantitative estimate of drug-likeness (QED) is 0.656. The van der Waals surface area contributed by atoms with E-state index in [0.717, 1.165) is 11.1 Å². The Labute approximate surface area is 163 Å². The highest BCUT2D eigenvalue weighted by molar-refractivity contribution is 7.80. The molecule has 0 bridgehead atoms. The largest absolute Gasteiger partial charge is 0.483 e. The fourth-order valence-electron chi connectivity index (χ4n) is 2.48. The Morgan fingerprint density at radius 3 is 2.56 bits per heavy atom. The molecule has 0 unspecified atom stereocenters. The Morgan fingerprint density at radius 1 is 1.19 bits per heavy atom. The van der Waals surface area contributed by atoms with E-state index in [1.807, 2.05) is 25.1 Å². The third kappa shape index (κ3) is 5.79. The number of hydrogen-bond acceptors (Lipinski definition) is 4. The van der Waals surface area contributed by atoms with Gasteiger partial charge < -0.3 is 15.2 Å². The zero-order valence-electron chi connectivity index (χ0n) is 15.4. The third-order valence-corrected chi connectivity index (χ3v) is 4.01. The Kier molecular flexibility index (Phi) is 6.90. The summed E-state index contributed by atoms with van der Waals surface area (Å²) in [5.74, 6) is -0.595. The molecule has 0 saturated heterocycles. The molecule has 142 valence electrons. The highest BCUT2D eigenvalue weighted by Gasteiger charge is 2.13. The fourth-order valence-corrected chi connectivity index (χ4v) is 2.71. The summed E-state index contributed by atoms with van der Waals surface area (Å²) in [5, 5.41) is 14.4. The molecule has 0 aliphatic carbocycles. The number of rotatable bonds is 6. The van der Waals surface area contributed by atoms with Crippen LogP contribution in [0.15, 0.2) is 42.5 Å². The van der Waals surface area contributed by atoms with Gasteiger partial charge in [-0.25, -0.2) is 4.79 Å². The van der Waals surface area contributed by atoms with Crippen molar-refractivity contribution in [1.29, 1.82) is 0 Å². The first kappa shape index (κ1) is 20.4. The normalized spacial score (nSPS) is 10.4. The summed E-state index contributed by atoms with van der Waals surface area (Å²) in [6.07, 6.45) is 0. The van der Waals surface area contributed by atoms with Crippen LogP contribution < -0.4 is 15.4 Å². The van der Waals surface area contributed by atoms with Crippen LogP contribution in [-0.2, 0) is 4.79 Å². The van der Waals surface area contributed by atoms with Gasteiger partial charge in [0.15, 0.2) is 11.7 Å². The lowest BCUT2D eigenvalue weighted by Crippen LogP contribution is -2.37. The average Bonchev–Trinajstić information content (AvgIpc) is 2.59. The lowest BCUT2D eigenvalue weighted by Gasteiger charge is -2.15. The molecule has 0 aromatic heterocycles. The molecule has 0 spiro atoms. The predicted octanol–water partition coefficient (Wildman–Crippen LogP) is 3.71. The minimum absolute atomic E-state index is 0.00521. The molecule has 0 aliphatic heterocycles. The van der Waals surface area contributed by atoms with Crippen molar-refractivity contribution in [2.45, 2.75) is 26.7 Å². The van der Waals surface area contributed by atoms with Crippen molar-refractivity contribution in [3.05, 3.63) is 59.2 Å². The first-order valence-corrected chi connectivity index (χ1v) is 8.85. The Morgan fingerprint density at radius 2 is 1.89 bits per heavy atom. The summed E-state index contributed by atoms with van der Waals surface area (Å²) in [5.41, 5.74) is 2.42. The van der Waals surface area contributed by atoms with Gasteiger partial charge in [-0.15, -0.1) is 0 Å². The van der Waals surface area contributed by atoms with Crippen molar-refractivity contribution in [3.8, 4) is 5.75 Å². The number of thiocarbonyl (C=S) groups is 1. The van der Waals surface area contributed by atoms with E-state index in [0.29, 0.717) is 11.4 Å². The van der Waals surface area contributed by atoms with Gasteiger partial charge >= 0.3 is 5.97 Å². The number of carbonyl (C=O) groups excluding carboxylic acids is 1. The van der Waals surface area contributed by atoms with Gasteiger partial charge in [-0.1, -0.05) is 38.1 Å². The van der Waals surface area contributed by atoms with Crippen LogP contribution in [-0.4, -0.2) is 28.7 Å². The standard InChI is InChI=1S/C20H22N2O4S/c1-12(2)14-9-8-13(3)10-17(14)26-11-18(23)22-20(27)21-16-7-5-4-6-15(16)19(24)25/h4-10,12H,11H2,1-3H3,(H,24,25)(H2,21,22,23,27). The van der Waals surface area contributed by atoms with Crippen molar-refractivity contribution in [3.63, 3.8) is 0 Å². The van der Waals surface area contributed by atoms with Crippen molar-refractivity contribution >= 4 is 34.9 Å². The number of anilines is 1. The molecule has 1 amide bonds. The number of carboxylic acid groups (broad SMARTS) is 1. The summed E-state index contributed by atoms with van der Waals surface area (Å²) in [6.45, 7) is 5.86. The number of amides is 1. The lowest BCUT2D eigenvalue weighted by atomic mass is 10.0. The van der Waals surface area contributed by atoms with Crippen LogP contribution >= 0.6 is 12.2 Å². The number of benzene rings is 2. The van der Waals surface area contributed by atoms with Crippen LogP contribution in [0, 0.1) is 6.92 Å². The van der Waals surface area contributed by atoms with Crippen LogP contribution in [0.3, 0.4) is 0 Å². The van der Waals surface area contributed by atoms with Gasteiger partial charge in [-0.3, -0.25) is 10.1 Å². The summed E-state index contributed by atoms with van der Waals surface area (Å²) in [4.78, 5) is 23.3. The Balaban J connectivity index is 1.96. The van der Waals surface area contributed by atoms with Gasteiger partial charge in [0.1, 0.15) is 5.75 Å². The van der Waals surface area contributed by atoms with E-state index in [9.17, 15) is 14.7 Å². The van der Waals surface area contributed by atoms with Gasteiger partial charge in [-0.2, -0.15) is 0 Å². The first-order chi connectivity index (χ1) is 12.8. The molecule has 2 aromatic carbocycles. The number of para-hydroxylation sites is 1. The van der Waals surface area contributed by atoms with E-state index in [-0.39, 0.29) is 23.2 Å². The van der Waals surface area contributed by atoms with Crippen LogP contribution in [0.5, 0.6) is 5.75 Å². The van der Waals surface area contributed by atoms with E-state index < -0.39 is 11.9 Å². The van der Waals surface area contributed by atoms with Crippen molar-refractivity contribution in [1.82, 2.24) is 5.32 Å². The minimum Gasteiger partial charge on any atom is -0.483 e. The number of aryl methyl sites for hydroxylation is 1. The molecule has 0 radical (unpaired) electrons. The number of ether oxygens (including phenoxy) is 1. The average molecular weight is 386 g/mol. The first-order valence-electron chi connectivity index (χ1n) is 8.44. The zero-order chi connectivity index (χ0) is 20.0. The lowest BCUT2D eigenvalue weighted by molar-refractivity contribution is -0.121. The molecule has 0 atom stereocenters. The molecule has 0 saturated carbocycles. The minimum atomic E-state index is -1.09. The van der Waals surface area contributed by atoms with Crippen LogP contribution in [0.1, 0.15) is 41.3 Å². The van der Waals surface area contributed by atoms with E-state index >= 15 is 0 Å². The van der Waals surface area contributed by atoms with Gasteiger partial charge in [0.2, 0.25) is 0 Å². The number of carbonyl (C=O) groups is 2. The number of aromatic carboxylic acids is 1. The number of hydrogen-bond donors (Lipinski definition) is 3. The van der Waals surface area contributed by atoms with Gasteiger partial charge in [0, 0.05) is 0 Å². The maximum atomic E-state index is 12.1. The Bertz CT molecular complexity index is 865. The molecule has 6 nitrogen and oxygen atoms in total. The SMILES string of the molecule is Cc1ccc(C(C)C)c(OCC(=O)NC(=S)Nc2ccccc2C(=O)O)c1. The fraction of sp³-hybridized carbons (Fsp3) is 0.250. The molecule has 0 fully saturated rings. The summed E-state index contributed by atoms with van der Waals surface area (Å²) in [7, 11) is 0. The number of carboxylic acids is 1. The Hall–Kier alpha value is -2.93. The predicted molar refractivity (Wildman–Crippen MR) is 109 cm³/mol. The van der Waals surface area contributed by atoms with Gasteiger partial charge in [-0.05, 0) is 54.4 Å². The molecule has 0 aliphatic rings. The smallest absolute Gasteiger partial charge is 0.337 e. The molecule has 2 aromatic rings. The topological polar surface area (TPSA) is 87.7 Å². The van der Waals surface area contributed by atoms with E-state index in [1.165, 1.54) is 6.07 Å². The highest BCUT2D eigenvalue weighted by Crippen LogP contribution is 2.27. The van der Waals surface area contributed by atoms with Gasteiger partial charge in [0.25, 0.3) is 5.91 Å². The monoisotopic (exact) mass is 386 g/mol. The van der Waals surface area contributed by atoms with Crippen molar-refractivity contribution < 1.29 is 19.4 Å². The molecular weight excluding hydrogens is 364 g/mol. The maximum Gasteiger partial charge on any atom is 0.337 e. The maximum absolute atomic E-state index is 12.1. The third-order valence-electron chi connectivity index (χ3n) is 3.81. The second-order valence-corrected chi connectivity index (χ2v) is 6.75. The molecule has 2 rings (SSSR count). The van der Waals surface area contributed by atoms with Crippen LogP contribution in [0.4, 0.5) is 5.69 Å². The van der Waals surface area contributed by atoms with E-state index in [4.69, 9.17) is 17.0 Å². The van der Waals surface area contributed by atoms with Gasteiger partial charge in [0.05, 0.1) is 11.3 Å².